The van der Waals surface area contributed by atoms with Crippen molar-refractivity contribution in [1.82, 2.24) is 20.0 Å². The minimum absolute atomic E-state index is 0.0223. The Balaban J connectivity index is 2.24. The maximum absolute atomic E-state index is 12.6. The van der Waals surface area contributed by atoms with Crippen molar-refractivity contribution < 1.29 is 27.5 Å². The van der Waals surface area contributed by atoms with E-state index >= 15 is 0 Å². The summed E-state index contributed by atoms with van der Waals surface area (Å²) in [4.78, 5) is 24.1. The highest BCUT2D eigenvalue weighted by Crippen LogP contribution is 2.28. The largest absolute Gasteiger partial charge is 0.458 e. The number of nitrogens with zero attached hydrogens (tertiary/aromatic N) is 3. The first-order valence-corrected chi connectivity index (χ1v) is 7.34. The second-order valence-corrected chi connectivity index (χ2v) is 5.32. The van der Waals surface area contributed by atoms with Gasteiger partial charge >= 0.3 is 12.1 Å². The van der Waals surface area contributed by atoms with Crippen LogP contribution in [0, 0.1) is 0 Å². The van der Waals surface area contributed by atoms with Crippen LogP contribution in [0.25, 0.3) is 0 Å². The number of nitrogens with one attached hydrogen (secondary N) is 2. The van der Waals surface area contributed by atoms with Crippen LogP contribution in [0.2, 0.25) is 0 Å². The molecule has 0 aromatic carbocycles. The summed E-state index contributed by atoms with van der Waals surface area (Å²) in [5.74, 6) is -1.67. The van der Waals surface area contributed by atoms with Crippen LogP contribution in [-0.2, 0) is 17.5 Å². The summed E-state index contributed by atoms with van der Waals surface area (Å²) >= 11 is 0. The van der Waals surface area contributed by atoms with Gasteiger partial charge in [-0.15, -0.1) is 0 Å². The summed E-state index contributed by atoms with van der Waals surface area (Å²) in [7, 11) is 0. The third-order valence-corrected chi connectivity index (χ3v) is 2.99. The molecule has 11 heteroatoms. The number of hydrogen-bond donors (Lipinski definition) is 2. The molecule has 0 atom stereocenters. The average Bonchev–Trinajstić information content (AvgIpc) is 3.12. The van der Waals surface area contributed by atoms with Gasteiger partial charge in [0.05, 0.1) is 11.8 Å². The minimum Gasteiger partial charge on any atom is -0.458 e. The van der Waals surface area contributed by atoms with Gasteiger partial charge in [0.25, 0.3) is 5.91 Å². The predicted molar refractivity (Wildman–Crippen MR) is 80.0 cm³/mol. The maximum atomic E-state index is 12.6. The Kier molecular flexibility index (Phi) is 5.14. The molecule has 0 aliphatic heterocycles. The number of halogens is 3. The molecule has 0 fully saturated rings. The number of esters is 1. The second kappa shape index (κ2) is 6.95. The van der Waals surface area contributed by atoms with E-state index in [0.29, 0.717) is 12.6 Å². The van der Waals surface area contributed by atoms with Crippen molar-refractivity contribution in [2.24, 2.45) is 0 Å². The number of ether oxygens (including phenoxy) is 1. The van der Waals surface area contributed by atoms with Crippen LogP contribution in [0.1, 0.15) is 47.4 Å². The molecule has 2 aromatic rings. The zero-order chi connectivity index (χ0) is 18.8. The number of aromatic nitrogens is 4. The Morgan fingerprint density at radius 3 is 2.60 bits per heavy atom. The van der Waals surface area contributed by atoms with Gasteiger partial charge in [0.2, 0.25) is 0 Å². The Labute approximate surface area is 140 Å². The molecule has 2 rings (SSSR count). The van der Waals surface area contributed by atoms with Gasteiger partial charge in [0.15, 0.2) is 11.4 Å². The number of carbonyl (C=O) groups is 2. The van der Waals surface area contributed by atoms with E-state index in [1.54, 1.807) is 25.9 Å². The Hall–Kier alpha value is -2.85. The molecule has 0 saturated heterocycles. The number of hydrogen-bond acceptors (Lipinski definition) is 5. The summed E-state index contributed by atoms with van der Waals surface area (Å²) in [5.41, 5.74) is -1.74. The fraction of sp³-hybridized carbons (Fsp3) is 0.429. The molecule has 2 heterocycles. The number of carbonyl (C=O) groups excluding carboxylic acids is 2. The van der Waals surface area contributed by atoms with E-state index in [4.69, 9.17) is 4.74 Å². The van der Waals surface area contributed by atoms with Crippen LogP contribution in [0.15, 0.2) is 12.3 Å². The van der Waals surface area contributed by atoms with Crippen molar-refractivity contribution in [2.45, 2.75) is 39.6 Å². The maximum Gasteiger partial charge on any atom is 0.432 e. The Morgan fingerprint density at radius 2 is 2.08 bits per heavy atom. The fourth-order valence-corrected chi connectivity index (χ4v) is 1.87. The van der Waals surface area contributed by atoms with E-state index in [0.717, 1.165) is 0 Å². The van der Waals surface area contributed by atoms with Crippen molar-refractivity contribution >= 4 is 17.6 Å². The van der Waals surface area contributed by atoms with Gasteiger partial charge in [0, 0.05) is 18.8 Å². The van der Waals surface area contributed by atoms with Crippen molar-refractivity contribution in [2.75, 3.05) is 5.32 Å². The molecule has 0 saturated carbocycles. The lowest BCUT2D eigenvalue weighted by molar-refractivity contribution is -0.141. The molecule has 0 radical (unpaired) electrons. The van der Waals surface area contributed by atoms with E-state index < -0.39 is 35.5 Å². The van der Waals surface area contributed by atoms with Crippen molar-refractivity contribution in [3.63, 3.8) is 0 Å². The standard InChI is InChI=1S/C14H16F3N5O3/c1-4-22-6-9(11(21-22)13(24)25-7(2)3)18-12(23)8-5-10(20-19-8)14(15,16)17/h5-7H,4H2,1-3H3,(H,18,23)(H,19,20). The number of aromatic amines is 1. The predicted octanol–water partition coefficient (Wildman–Crippen LogP) is 2.46. The number of rotatable bonds is 5. The lowest BCUT2D eigenvalue weighted by Crippen LogP contribution is -2.17. The van der Waals surface area contributed by atoms with Gasteiger partial charge in [-0.3, -0.25) is 14.6 Å². The topological polar surface area (TPSA) is 102 Å². The highest BCUT2D eigenvalue weighted by atomic mass is 19.4. The molecule has 2 aromatic heterocycles. The first-order valence-electron chi connectivity index (χ1n) is 7.34. The van der Waals surface area contributed by atoms with E-state index in [9.17, 15) is 22.8 Å². The number of amides is 1. The second-order valence-electron chi connectivity index (χ2n) is 5.32. The molecule has 0 bridgehead atoms. The molecule has 0 aliphatic rings. The lowest BCUT2D eigenvalue weighted by Gasteiger charge is -2.07. The molecule has 25 heavy (non-hydrogen) atoms. The van der Waals surface area contributed by atoms with Crippen LogP contribution in [0.4, 0.5) is 18.9 Å². The lowest BCUT2D eigenvalue weighted by atomic mass is 10.3. The summed E-state index contributed by atoms with van der Waals surface area (Å²) < 4.78 is 44.1. The minimum atomic E-state index is -4.65. The molecular formula is C14H16F3N5O3. The number of alkyl halides is 3. The highest BCUT2D eigenvalue weighted by Gasteiger charge is 2.34. The number of aryl methyl sites for hydroxylation is 1. The van der Waals surface area contributed by atoms with Gasteiger partial charge in [-0.05, 0) is 20.8 Å². The normalized spacial score (nSPS) is 11.6. The number of H-pyrrole nitrogens is 1. The van der Waals surface area contributed by atoms with Crippen LogP contribution in [0.3, 0.4) is 0 Å². The fourth-order valence-electron chi connectivity index (χ4n) is 1.87. The third kappa shape index (κ3) is 4.37. The summed E-state index contributed by atoms with van der Waals surface area (Å²) in [6.07, 6.45) is -3.67. The SMILES string of the molecule is CCn1cc(NC(=O)c2cc(C(F)(F)F)[nH]n2)c(C(=O)OC(C)C)n1. The first kappa shape index (κ1) is 18.5. The van der Waals surface area contributed by atoms with E-state index in [-0.39, 0.29) is 11.4 Å². The van der Waals surface area contributed by atoms with Gasteiger partial charge < -0.3 is 10.1 Å². The average molecular weight is 359 g/mol. The van der Waals surface area contributed by atoms with E-state index in [1.165, 1.54) is 10.9 Å². The summed E-state index contributed by atoms with van der Waals surface area (Å²) in [6.45, 7) is 5.47. The number of anilines is 1. The van der Waals surface area contributed by atoms with E-state index in [1.807, 2.05) is 0 Å². The first-order chi connectivity index (χ1) is 11.6. The zero-order valence-corrected chi connectivity index (χ0v) is 13.6. The Bertz CT molecular complexity index is 779. The molecule has 8 nitrogen and oxygen atoms in total. The molecule has 0 spiro atoms. The van der Waals surface area contributed by atoms with Gasteiger partial charge in [0.1, 0.15) is 5.69 Å². The molecule has 1 amide bonds. The Morgan fingerprint density at radius 1 is 1.40 bits per heavy atom. The van der Waals surface area contributed by atoms with Crippen LogP contribution in [-0.4, -0.2) is 38.0 Å². The van der Waals surface area contributed by atoms with Crippen molar-refractivity contribution in [3.8, 4) is 0 Å². The molecular weight excluding hydrogens is 343 g/mol. The summed E-state index contributed by atoms with van der Waals surface area (Å²) in [6, 6.07) is 0.575. The monoisotopic (exact) mass is 359 g/mol. The van der Waals surface area contributed by atoms with Crippen LogP contribution < -0.4 is 5.32 Å². The van der Waals surface area contributed by atoms with Crippen LogP contribution in [0.5, 0.6) is 0 Å². The van der Waals surface area contributed by atoms with Crippen molar-refractivity contribution in [3.05, 3.63) is 29.3 Å². The van der Waals surface area contributed by atoms with Crippen LogP contribution >= 0.6 is 0 Å². The molecule has 2 N–H and O–H groups in total. The third-order valence-electron chi connectivity index (χ3n) is 2.99. The van der Waals surface area contributed by atoms with E-state index in [2.05, 4.69) is 15.5 Å². The van der Waals surface area contributed by atoms with Gasteiger partial charge in [-0.2, -0.15) is 23.4 Å². The smallest absolute Gasteiger partial charge is 0.432 e. The molecule has 136 valence electrons. The summed E-state index contributed by atoms with van der Waals surface area (Å²) in [5, 5.41) is 11.4. The van der Waals surface area contributed by atoms with Gasteiger partial charge in [-0.25, -0.2) is 4.79 Å². The van der Waals surface area contributed by atoms with Crippen molar-refractivity contribution in [1.29, 1.82) is 0 Å². The molecule has 0 unspecified atom stereocenters. The quantitative estimate of drug-likeness (QED) is 0.799. The highest BCUT2D eigenvalue weighted by molar-refractivity contribution is 6.06. The molecule has 0 aliphatic carbocycles. The zero-order valence-electron chi connectivity index (χ0n) is 13.6. The van der Waals surface area contributed by atoms with Gasteiger partial charge in [-0.1, -0.05) is 0 Å².